The van der Waals surface area contributed by atoms with Crippen LogP contribution in [0.5, 0.6) is 17.2 Å². The molecule has 9 aromatic carbocycles. The maximum absolute atomic E-state index is 15.0. The van der Waals surface area contributed by atoms with Crippen molar-refractivity contribution < 1.29 is 202 Å². The molecule has 0 saturated carbocycles. The van der Waals surface area contributed by atoms with Crippen molar-refractivity contribution in [2.24, 2.45) is 0 Å². The number of ether oxygens (including phenoxy) is 5. The van der Waals surface area contributed by atoms with E-state index < -0.39 is 92.0 Å². The first-order valence-electron chi connectivity index (χ1n) is 37.6. The number of carboxylic acid groups (broad SMARTS) is 1. The molecule has 18 nitrogen and oxygen atoms in total. The summed E-state index contributed by atoms with van der Waals surface area (Å²) < 4.78 is 159. The van der Waals surface area contributed by atoms with Crippen LogP contribution < -0.4 is 122 Å². The quantitative estimate of drug-likeness (QED) is 0.00888. The summed E-state index contributed by atoms with van der Waals surface area (Å²) >= 11 is 26.2. The Bertz CT molecular complexity index is 5830. The number of aromatic nitrogens is 6. The third-order valence-corrected chi connectivity index (χ3v) is 22.2. The second-order valence-electron chi connectivity index (χ2n) is 30.9. The Morgan fingerprint density at radius 2 is 0.754 bits per heavy atom. The maximum Gasteiger partial charge on any atom is 1.00 e. The SMILES string of the molecule is CCc1c(F)cc(C(=O)OC(C)(C)C)cc1F.COc1cc(C(C)(C)c2c[nH]c(=S)n2-c2ccc(F)cc2)ccc1Cl.COc1cc(C(C)(C)c2cnc(SCc3c(F)cc(C(=O)O)cc3F)n2-c2ccc(F)cc2)ccc1Cl.COc1cc(C(C)(C)c2cnc(SCc3c(F)cc(C(=O)OC(C)(C)C)cc3F)n2-c2ccc(F)cc2)ccc1Cl.O=CO[O-].[H-].[K+].[K+]. The number of rotatable bonds is 23. The number of carbonyl (C=O) groups is 4. The molecule has 0 unspecified atom stereocenters. The zero-order valence-corrected chi connectivity index (χ0v) is 82.9. The minimum atomic E-state index is -1.42. The summed E-state index contributed by atoms with van der Waals surface area (Å²) in [4.78, 5) is 58.5. The molecule has 3 aromatic heterocycles. The molecule has 3 heterocycles. The van der Waals surface area contributed by atoms with E-state index in [9.17, 15) is 45.1 Å². The van der Waals surface area contributed by atoms with Gasteiger partial charge in [-0.15, -0.1) is 0 Å². The first kappa shape index (κ1) is 107. The van der Waals surface area contributed by atoms with Crippen LogP contribution in [0.4, 0.5) is 39.5 Å². The summed E-state index contributed by atoms with van der Waals surface area (Å²) in [6, 6.07) is 40.1. The number of thioether (sulfide) groups is 2. The van der Waals surface area contributed by atoms with Crippen molar-refractivity contribution in [1.82, 2.24) is 28.7 Å². The zero-order chi connectivity index (χ0) is 91.8. The number of hydrogen-bond donors (Lipinski definition) is 2. The molecule has 12 aromatic rings. The van der Waals surface area contributed by atoms with Crippen LogP contribution in [0.1, 0.15) is 173 Å². The number of carboxylic acids is 1. The Morgan fingerprint density at radius 1 is 0.468 bits per heavy atom. The zero-order valence-electron chi connectivity index (χ0n) is 73.0. The van der Waals surface area contributed by atoms with Gasteiger partial charge >= 0.3 is 121 Å². The van der Waals surface area contributed by atoms with Crippen LogP contribution >= 0.6 is 70.5 Å². The standard InChI is InChI=1S/C31H30ClF3N2O3S.C27H22ClF3N2O3S.C19H18ClFN2OS.C13H16F2O2.CH2O3.2K.H/c1-30(2,3)40-28(38)18-13-24(34)22(25(35)14-18)17-41-29-36-16-27(37(29)21-10-8-20(33)9-11-21)31(4,5)19-7-12-23(32)26(15-19)39-6;1-27(2,16-4-9-20(28)23(12-16)36-3)24-13-32-26(33(24)18-7-5-17(29)6-8-18)37-14-19-21(30)10-15(25(34)35)11-22(19)31;1-19(2,12-4-9-15(20)16(10-12)24-3)17-11-22-18(25)23(17)14-7-5-13(21)6-8-14;1-5-9-10(14)6-8(7-11(9)15)12(16)17-13(2,3)4;2-1-4-3;;;/h7-16H,17H2,1-6H3;4-13H,14H2,1-3H3,(H,34,35);4-11H,1-3H3,(H,22,25);6-7H,5H2,1-4H3;1,3H;;;/q;;;;;2*+1;-1/p-1. The summed E-state index contributed by atoms with van der Waals surface area (Å²) in [7, 11) is 4.65. The van der Waals surface area contributed by atoms with Gasteiger partial charge in [-0.25, -0.2) is 63.9 Å². The molecule has 0 spiro atoms. The summed E-state index contributed by atoms with van der Waals surface area (Å²) in [5.74, 6) is -7.76. The number of esters is 2. The molecule has 35 heteroatoms. The van der Waals surface area contributed by atoms with Crippen LogP contribution in [-0.2, 0) is 53.3 Å². The van der Waals surface area contributed by atoms with Crippen molar-refractivity contribution in [1.29, 1.82) is 0 Å². The van der Waals surface area contributed by atoms with E-state index >= 15 is 8.78 Å². The van der Waals surface area contributed by atoms with Gasteiger partial charge < -0.3 is 45.3 Å². The molecular weight excluding hydrogens is 1820 g/mol. The van der Waals surface area contributed by atoms with Crippen LogP contribution in [-0.4, -0.2) is 90.7 Å². The number of benzene rings is 9. The number of H-pyrrole nitrogens is 1. The number of imidazole rings is 3. The van der Waals surface area contributed by atoms with Gasteiger partial charge in [0.25, 0.3) is 6.47 Å². The van der Waals surface area contributed by atoms with Crippen molar-refractivity contribution in [2.45, 2.75) is 146 Å². The Kier molecular flexibility index (Phi) is 39.7. The van der Waals surface area contributed by atoms with Crippen LogP contribution in [0.3, 0.4) is 0 Å². The van der Waals surface area contributed by atoms with Crippen molar-refractivity contribution in [3.8, 4) is 34.3 Å². The second-order valence-corrected chi connectivity index (χ2v) is 34.4. The number of aromatic carboxylic acids is 1. The van der Waals surface area contributed by atoms with Gasteiger partial charge in [-0.1, -0.05) is 125 Å². The van der Waals surface area contributed by atoms with Crippen LogP contribution in [0.15, 0.2) is 193 Å². The first-order chi connectivity index (χ1) is 58.2. The molecule has 0 amide bonds. The summed E-state index contributed by atoms with van der Waals surface area (Å²) in [6.45, 7) is 23.7. The summed E-state index contributed by atoms with van der Waals surface area (Å²) in [5.41, 5.74) is 2.79. The predicted octanol–water partition coefficient (Wildman–Crippen LogP) is 17.5. The number of halogens is 12. The van der Waals surface area contributed by atoms with Crippen molar-refractivity contribution in [3.05, 3.63) is 322 Å². The average molecular weight is 1910 g/mol. The molecule has 0 saturated heterocycles. The van der Waals surface area contributed by atoms with Crippen molar-refractivity contribution in [2.75, 3.05) is 21.3 Å². The minimum Gasteiger partial charge on any atom is -1.00 e. The van der Waals surface area contributed by atoms with E-state index in [1.165, 1.54) is 50.6 Å². The van der Waals surface area contributed by atoms with E-state index in [0.29, 0.717) is 58.8 Å². The number of nitrogens with one attached hydrogen (secondary N) is 1. The van der Waals surface area contributed by atoms with Crippen LogP contribution in [0.25, 0.3) is 17.1 Å². The fourth-order valence-corrected chi connectivity index (χ4v) is 15.3. The molecule has 0 bridgehead atoms. The molecule has 126 heavy (non-hydrogen) atoms. The van der Waals surface area contributed by atoms with Gasteiger partial charge in [0.2, 0.25) is 0 Å². The van der Waals surface area contributed by atoms with Gasteiger partial charge in [-0.05, 0) is 222 Å². The molecule has 0 aliphatic rings. The number of nitrogens with zero attached hydrogens (tertiary/aromatic N) is 5. The summed E-state index contributed by atoms with van der Waals surface area (Å²) in [5, 5.41) is 19.8. The Hall–Kier alpha value is -7.72. The number of aromatic amines is 1. The Labute approximate surface area is 838 Å². The number of hydrogen-bond acceptors (Lipinski definition) is 16. The van der Waals surface area contributed by atoms with Crippen molar-refractivity contribution in [3.63, 3.8) is 0 Å². The molecule has 0 aliphatic carbocycles. The fraction of sp³-hybridized carbons (Fsp3) is 0.264. The molecule has 0 aliphatic heterocycles. The van der Waals surface area contributed by atoms with Gasteiger partial charge in [0.05, 0.1) is 82.6 Å². The van der Waals surface area contributed by atoms with E-state index in [0.717, 1.165) is 99.4 Å². The third-order valence-electron chi connectivity index (χ3n) is 19.1. The molecule has 0 fully saturated rings. The molecule has 0 atom stereocenters. The molecule has 658 valence electrons. The van der Waals surface area contributed by atoms with Gasteiger partial charge in [0.1, 0.15) is 80.8 Å². The molecule has 12 rings (SSSR count). The largest absolute Gasteiger partial charge is 1.00 e. The Morgan fingerprint density at radius 3 is 1.03 bits per heavy atom. The first-order valence-corrected chi connectivity index (χ1v) is 41.1. The maximum atomic E-state index is 15.0. The minimum absolute atomic E-state index is 0. The second kappa shape index (κ2) is 46.7. The topological polar surface area (TPSA) is 223 Å². The van der Waals surface area contributed by atoms with Crippen LogP contribution in [0, 0.1) is 57.1 Å². The van der Waals surface area contributed by atoms with Crippen molar-refractivity contribution >= 4 is 94.9 Å². The number of carbonyl (C=O) groups excluding carboxylic acids is 3. The van der Waals surface area contributed by atoms with E-state index in [4.69, 9.17) is 85.9 Å². The monoisotopic (exact) mass is 1910 g/mol. The number of methoxy groups -OCH3 is 3. The average Bonchev–Trinajstić information content (AvgIpc) is 1.65. The van der Waals surface area contributed by atoms with Crippen LogP contribution in [0.2, 0.25) is 15.1 Å². The van der Waals surface area contributed by atoms with Gasteiger partial charge in [0, 0.05) is 67.7 Å². The molecule has 2 N–H and O–H groups in total. The third kappa shape index (κ3) is 27.4. The molecule has 0 radical (unpaired) electrons. The van der Waals surface area contributed by atoms with Gasteiger partial charge in [-0.2, -0.15) is 0 Å². The fourth-order valence-electron chi connectivity index (χ4n) is 12.4. The van der Waals surface area contributed by atoms with E-state index in [1.807, 2.05) is 85.5 Å². The van der Waals surface area contributed by atoms with E-state index in [-0.39, 0.29) is 168 Å². The molecular formula is C91H88Cl3F9K2N6O12S3. The Balaban J connectivity index is 0.000000306. The summed E-state index contributed by atoms with van der Waals surface area (Å²) in [6.07, 6.45) is 5.47. The van der Waals surface area contributed by atoms with E-state index in [2.05, 4.69) is 33.7 Å². The smallest absolute Gasteiger partial charge is 1.00 e. The van der Waals surface area contributed by atoms with Gasteiger partial charge in [-0.3, -0.25) is 18.5 Å². The van der Waals surface area contributed by atoms with E-state index in [1.54, 1.807) is 121 Å². The van der Waals surface area contributed by atoms with Gasteiger partial charge in [0.15, 0.2) is 15.1 Å². The predicted molar refractivity (Wildman–Crippen MR) is 461 cm³/mol. The normalized spacial score (nSPS) is 11.3.